The second-order valence-electron chi connectivity index (χ2n) is 2.00. The van der Waals surface area contributed by atoms with E-state index in [1.807, 2.05) is 0 Å². The van der Waals surface area contributed by atoms with Crippen LogP contribution in [-0.4, -0.2) is 10.4 Å². The second kappa shape index (κ2) is 1.70. The summed E-state index contributed by atoms with van der Waals surface area (Å²) in [6.45, 7) is 0. The van der Waals surface area contributed by atoms with E-state index in [-0.39, 0.29) is 0 Å². The van der Waals surface area contributed by atoms with E-state index in [1.54, 1.807) is 18.2 Å². The lowest BCUT2D eigenvalue weighted by atomic mass is 10.3. The van der Waals surface area contributed by atoms with Gasteiger partial charge in [0.15, 0.2) is 5.58 Å². The molecule has 0 amide bonds. The van der Waals surface area contributed by atoms with Crippen molar-refractivity contribution in [1.82, 2.24) is 10.4 Å². The van der Waals surface area contributed by atoms with E-state index in [4.69, 9.17) is 10.3 Å². The zero-order chi connectivity index (χ0) is 6.97. The number of aromatic nitrogens is 2. The summed E-state index contributed by atoms with van der Waals surface area (Å²) in [6.07, 6.45) is 0. The van der Waals surface area contributed by atoms with Crippen molar-refractivity contribution in [2.24, 2.45) is 0 Å². The highest BCUT2D eigenvalue weighted by molar-refractivity contribution is 5.75. The van der Waals surface area contributed by atoms with Crippen LogP contribution in [0.4, 0.5) is 5.69 Å². The summed E-state index contributed by atoms with van der Waals surface area (Å²) in [5.74, 6) is 0. The monoisotopic (exact) mass is 135 g/mol. The van der Waals surface area contributed by atoms with Crippen LogP contribution in [0.25, 0.3) is 11.1 Å². The van der Waals surface area contributed by atoms with Gasteiger partial charge in [0.25, 0.3) is 0 Å². The molecule has 0 aliphatic rings. The first kappa shape index (κ1) is 5.22. The van der Waals surface area contributed by atoms with E-state index in [0.29, 0.717) is 11.3 Å². The van der Waals surface area contributed by atoms with Crippen molar-refractivity contribution >= 4 is 16.8 Å². The van der Waals surface area contributed by atoms with Gasteiger partial charge in [-0.2, -0.15) is 0 Å². The summed E-state index contributed by atoms with van der Waals surface area (Å²) in [4.78, 5) is 0. The number of hydrogen-bond donors (Lipinski definition) is 1. The maximum Gasteiger partial charge on any atom is 0.189 e. The molecule has 0 saturated carbocycles. The maximum atomic E-state index is 5.47. The third kappa shape index (κ3) is 0.621. The predicted octanol–water partition coefficient (Wildman–Crippen LogP) is 0.805. The van der Waals surface area contributed by atoms with Gasteiger partial charge in [0.2, 0.25) is 0 Å². The summed E-state index contributed by atoms with van der Waals surface area (Å²) in [6, 6.07) is 5.21. The van der Waals surface area contributed by atoms with Crippen molar-refractivity contribution in [2.75, 3.05) is 5.73 Å². The quantitative estimate of drug-likeness (QED) is 0.543. The molecule has 1 aromatic carbocycles. The summed E-state index contributed by atoms with van der Waals surface area (Å²) in [5.41, 5.74) is 7.48. The van der Waals surface area contributed by atoms with Gasteiger partial charge in [0.1, 0.15) is 5.52 Å². The second-order valence-corrected chi connectivity index (χ2v) is 2.00. The molecule has 4 nitrogen and oxygen atoms in total. The largest absolute Gasteiger partial charge is 0.399 e. The lowest BCUT2D eigenvalue weighted by Crippen LogP contribution is -1.81. The Hall–Kier alpha value is -1.58. The Balaban J connectivity index is 2.86. The zero-order valence-corrected chi connectivity index (χ0v) is 5.11. The Labute approximate surface area is 56.6 Å². The number of nitrogen functional groups attached to an aromatic ring is 1. The normalized spacial score (nSPS) is 10.4. The third-order valence-corrected chi connectivity index (χ3v) is 1.27. The highest BCUT2D eigenvalue weighted by atomic mass is 16.5. The van der Waals surface area contributed by atoms with Crippen LogP contribution in [0, 0.1) is 0 Å². The van der Waals surface area contributed by atoms with Gasteiger partial charge >= 0.3 is 0 Å². The topological polar surface area (TPSA) is 64.9 Å². The smallest absolute Gasteiger partial charge is 0.189 e. The van der Waals surface area contributed by atoms with Gasteiger partial charge in [0.05, 0.1) is 0 Å². The minimum atomic E-state index is 0.625. The standard InChI is InChI=1S/C6H5N3O/c7-4-1-2-5-6(3-4)10-9-8-5/h1-3H,7H2. The molecule has 1 heterocycles. The van der Waals surface area contributed by atoms with Gasteiger partial charge in [-0.15, -0.1) is 5.10 Å². The van der Waals surface area contributed by atoms with Crippen LogP contribution in [0.1, 0.15) is 0 Å². The number of benzene rings is 1. The molecule has 0 atom stereocenters. The summed E-state index contributed by atoms with van der Waals surface area (Å²) >= 11 is 0. The number of fused-ring (bicyclic) bond motifs is 1. The number of nitrogens with two attached hydrogens (primary N) is 1. The Bertz CT molecular complexity index is 355. The molecular weight excluding hydrogens is 130 g/mol. The van der Waals surface area contributed by atoms with Crippen molar-refractivity contribution in [3.63, 3.8) is 0 Å². The fraction of sp³-hybridized carbons (Fsp3) is 0. The number of rotatable bonds is 0. The van der Waals surface area contributed by atoms with Crippen LogP contribution in [-0.2, 0) is 0 Å². The van der Waals surface area contributed by atoms with Crippen molar-refractivity contribution in [3.8, 4) is 0 Å². The van der Waals surface area contributed by atoms with E-state index >= 15 is 0 Å². The lowest BCUT2D eigenvalue weighted by Gasteiger charge is -1.86. The highest BCUT2D eigenvalue weighted by Gasteiger charge is 1.97. The van der Waals surface area contributed by atoms with Gasteiger partial charge in [-0.3, -0.25) is 0 Å². The van der Waals surface area contributed by atoms with Gasteiger partial charge in [-0.1, -0.05) is 0 Å². The molecule has 0 fully saturated rings. The van der Waals surface area contributed by atoms with E-state index in [1.165, 1.54) is 0 Å². The first-order valence-electron chi connectivity index (χ1n) is 2.84. The molecule has 0 radical (unpaired) electrons. The van der Waals surface area contributed by atoms with Crippen molar-refractivity contribution in [1.29, 1.82) is 0 Å². The molecule has 4 heteroatoms. The average Bonchev–Trinajstić information content (AvgIpc) is 2.33. The van der Waals surface area contributed by atoms with Crippen LogP contribution >= 0.6 is 0 Å². The van der Waals surface area contributed by atoms with Gasteiger partial charge in [0, 0.05) is 17.0 Å². The molecule has 2 rings (SSSR count). The molecule has 0 aliphatic carbocycles. The Kier molecular flexibility index (Phi) is 0.887. The van der Waals surface area contributed by atoms with Crippen LogP contribution in [0.3, 0.4) is 0 Å². The number of anilines is 1. The van der Waals surface area contributed by atoms with E-state index < -0.39 is 0 Å². The van der Waals surface area contributed by atoms with Gasteiger partial charge in [-0.25, -0.2) is 0 Å². The summed E-state index contributed by atoms with van der Waals surface area (Å²) in [7, 11) is 0. The molecule has 10 heavy (non-hydrogen) atoms. The summed E-state index contributed by atoms with van der Waals surface area (Å²) < 4.78 is 4.76. The third-order valence-electron chi connectivity index (χ3n) is 1.27. The number of nitrogens with zero attached hydrogens (tertiary/aromatic N) is 2. The molecule has 1 aromatic heterocycles. The Morgan fingerprint density at radius 3 is 3.20 bits per heavy atom. The van der Waals surface area contributed by atoms with Crippen LogP contribution < -0.4 is 5.73 Å². The van der Waals surface area contributed by atoms with Crippen LogP contribution in [0.15, 0.2) is 22.7 Å². The van der Waals surface area contributed by atoms with E-state index in [2.05, 4.69) is 10.4 Å². The molecule has 0 aliphatic heterocycles. The van der Waals surface area contributed by atoms with E-state index in [9.17, 15) is 0 Å². The minimum Gasteiger partial charge on any atom is -0.399 e. The molecule has 0 saturated heterocycles. The maximum absolute atomic E-state index is 5.47. The SMILES string of the molecule is Nc1ccc2nnoc2c1. The molecule has 50 valence electrons. The molecular formula is C6H5N3O. The summed E-state index contributed by atoms with van der Waals surface area (Å²) in [5, 5.41) is 7.05. The lowest BCUT2D eigenvalue weighted by molar-refractivity contribution is 0.424. The first-order valence-corrected chi connectivity index (χ1v) is 2.84. The Morgan fingerprint density at radius 1 is 1.40 bits per heavy atom. The molecule has 2 aromatic rings. The van der Waals surface area contributed by atoms with Crippen molar-refractivity contribution in [2.45, 2.75) is 0 Å². The first-order chi connectivity index (χ1) is 4.86. The predicted molar refractivity (Wildman–Crippen MR) is 36.2 cm³/mol. The molecule has 0 unspecified atom stereocenters. The van der Waals surface area contributed by atoms with Crippen molar-refractivity contribution in [3.05, 3.63) is 18.2 Å². The molecule has 0 bridgehead atoms. The minimum absolute atomic E-state index is 0.625. The average molecular weight is 135 g/mol. The molecule has 2 N–H and O–H groups in total. The fourth-order valence-corrected chi connectivity index (χ4v) is 0.795. The van der Waals surface area contributed by atoms with E-state index in [0.717, 1.165) is 5.52 Å². The van der Waals surface area contributed by atoms with Crippen LogP contribution in [0.5, 0.6) is 0 Å². The fourth-order valence-electron chi connectivity index (χ4n) is 0.795. The highest BCUT2D eigenvalue weighted by Crippen LogP contribution is 2.13. The van der Waals surface area contributed by atoms with Gasteiger partial charge < -0.3 is 10.3 Å². The number of hydrogen-bond acceptors (Lipinski definition) is 4. The van der Waals surface area contributed by atoms with Crippen molar-refractivity contribution < 1.29 is 4.52 Å². The van der Waals surface area contributed by atoms with Gasteiger partial charge in [-0.05, 0) is 12.1 Å². The molecule has 0 spiro atoms. The Morgan fingerprint density at radius 2 is 2.30 bits per heavy atom. The zero-order valence-electron chi connectivity index (χ0n) is 5.11. The van der Waals surface area contributed by atoms with Crippen LogP contribution in [0.2, 0.25) is 0 Å².